The zero-order chi connectivity index (χ0) is 21.1. The first-order chi connectivity index (χ1) is 14.5. The molecule has 164 valence electrons. The average Bonchev–Trinajstić information content (AvgIpc) is 3.22. The topological polar surface area (TPSA) is 100 Å². The van der Waals surface area contributed by atoms with Gasteiger partial charge in [0.15, 0.2) is 5.76 Å². The summed E-state index contributed by atoms with van der Waals surface area (Å²) in [7, 11) is 0. The van der Waals surface area contributed by atoms with Gasteiger partial charge in [0.05, 0.1) is 6.26 Å². The van der Waals surface area contributed by atoms with Crippen molar-refractivity contribution in [2.75, 3.05) is 12.0 Å². The van der Waals surface area contributed by atoms with E-state index in [9.17, 15) is 14.4 Å². The second kappa shape index (κ2) is 9.04. The summed E-state index contributed by atoms with van der Waals surface area (Å²) in [6, 6.07) is 2.43. The lowest BCUT2D eigenvalue weighted by atomic mass is 9.49. The molecule has 5 rings (SSSR count). The third kappa shape index (κ3) is 4.85. The Morgan fingerprint density at radius 1 is 1.13 bits per heavy atom. The van der Waals surface area contributed by atoms with Crippen molar-refractivity contribution in [2.24, 2.45) is 23.2 Å². The Morgan fingerprint density at radius 2 is 1.80 bits per heavy atom. The summed E-state index contributed by atoms with van der Waals surface area (Å²) >= 11 is 1.59. The number of hydrogen-bond acceptors (Lipinski definition) is 5. The van der Waals surface area contributed by atoms with Gasteiger partial charge in [0.1, 0.15) is 6.04 Å². The predicted molar refractivity (Wildman–Crippen MR) is 114 cm³/mol. The van der Waals surface area contributed by atoms with Gasteiger partial charge in [0, 0.05) is 6.42 Å². The van der Waals surface area contributed by atoms with E-state index in [2.05, 4.69) is 16.2 Å². The molecule has 4 fully saturated rings. The minimum absolute atomic E-state index is 0.120. The zero-order valence-corrected chi connectivity index (χ0v) is 18.3. The van der Waals surface area contributed by atoms with Gasteiger partial charge in [0.25, 0.3) is 11.8 Å². The van der Waals surface area contributed by atoms with Crippen LogP contribution in [0.5, 0.6) is 0 Å². The molecule has 0 radical (unpaired) electrons. The number of thioether (sulfide) groups is 1. The SMILES string of the molecule is CSCCC(NC(=O)c1ccco1)C(=O)NNC(=O)CC12CC3CC(CC(C3)C1)C2. The molecule has 0 saturated heterocycles. The predicted octanol–water partition coefficient (Wildman–Crippen LogP) is 2.89. The van der Waals surface area contributed by atoms with E-state index < -0.39 is 17.9 Å². The molecule has 1 heterocycles. The Hall–Kier alpha value is -1.96. The first-order valence-electron chi connectivity index (χ1n) is 10.9. The third-order valence-electron chi connectivity index (χ3n) is 7.00. The number of rotatable bonds is 8. The maximum Gasteiger partial charge on any atom is 0.287 e. The minimum Gasteiger partial charge on any atom is -0.459 e. The fourth-order valence-corrected chi connectivity index (χ4v) is 6.72. The molecule has 7 nitrogen and oxygen atoms in total. The Morgan fingerprint density at radius 3 is 2.37 bits per heavy atom. The van der Waals surface area contributed by atoms with Gasteiger partial charge in [-0.3, -0.25) is 25.2 Å². The summed E-state index contributed by atoms with van der Waals surface area (Å²) in [5.74, 6) is 2.22. The molecule has 4 aliphatic rings. The first-order valence-corrected chi connectivity index (χ1v) is 12.3. The van der Waals surface area contributed by atoms with Crippen LogP contribution in [-0.2, 0) is 9.59 Å². The molecule has 4 bridgehead atoms. The maximum absolute atomic E-state index is 12.6. The Balaban J connectivity index is 1.29. The number of amides is 3. The Kier molecular flexibility index (Phi) is 6.41. The number of hydrogen-bond donors (Lipinski definition) is 3. The summed E-state index contributed by atoms with van der Waals surface area (Å²) < 4.78 is 5.09. The molecule has 8 heteroatoms. The monoisotopic (exact) mass is 433 g/mol. The van der Waals surface area contributed by atoms with Crippen molar-refractivity contribution >= 4 is 29.5 Å². The maximum atomic E-state index is 12.6. The van der Waals surface area contributed by atoms with E-state index >= 15 is 0 Å². The van der Waals surface area contributed by atoms with Crippen LogP contribution in [0.3, 0.4) is 0 Å². The highest BCUT2D eigenvalue weighted by Crippen LogP contribution is 2.61. The summed E-state index contributed by atoms with van der Waals surface area (Å²) in [5.41, 5.74) is 5.25. The van der Waals surface area contributed by atoms with Crippen LogP contribution in [0.15, 0.2) is 22.8 Å². The highest BCUT2D eigenvalue weighted by molar-refractivity contribution is 7.98. The van der Waals surface area contributed by atoms with Crippen LogP contribution in [0, 0.1) is 23.2 Å². The van der Waals surface area contributed by atoms with Crippen LogP contribution in [-0.4, -0.2) is 35.8 Å². The van der Waals surface area contributed by atoms with E-state index in [1.165, 1.54) is 25.5 Å². The lowest BCUT2D eigenvalue weighted by molar-refractivity contribution is -0.134. The summed E-state index contributed by atoms with van der Waals surface area (Å²) in [5, 5.41) is 2.69. The fourth-order valence-electron chi connectivity index (χ4n) is 6.25. The molecular formula is C22H31N3O4S. The van der Waals surface area contributed by atoms with Crippen LogP contribution in [0.2, 0.25) is 0 Å². The van der Waals surface area contributed by atoms with Gasteiger partial charge in [-0.2, -0.15) is 11.8 Å². The quantitative estimate of drug-likeness (QED) is 0.548. The number of carbonyl (C=O) groups is 3. The molecule has 0 aromatic carbocycles. The van der Waals surface area contributed by atoms with Gasteiger partial charge in [-0.15, -0.1) is 0 Å². The standard InChI is InChI=1S/C22H31N3O4S/c1-30-6-4-17(23-21(28)18-3-2-5-29-18)20(27)25-24-19(26)13-22-10-14-7-15(11-22)9-16(8-14)12-22/h2-3,5,14-17H,4,6-13H2,1H3,(H,23,28)(H,24,26)(H,25,27). The molecule has 1 unspecified atom stereocenters. The van der Waals surface area contributed by atoms with Gasteiger partial charge in [-0.1, -0.05) is 0 Å². The number of nitrogens with one attached hydrogen (secondary N) is 3. The lowest BCUT2D eigenvalue weighted by Crippen LogP contribution is -2.54. The molecule has 3 amide bonds. The molecule has 1 aromatic heterocycles. The van der Waals surface area contributed by atoms with E-state index in [1.807, 2.05) is 6.26 Å². The Bertz CT molecular complexity index is 744. The van der Waals surface area contributed by atoms with Gasteiger partial charge < -0.3 is 9.73 Å². The molecule has 4 aliphatic carbocycles. The average molecular weight is 434 g/mol. The second-order valence-electron chi connectivity index (χ2n) is 9.42. The van der Waals surface area contributed by atoms with Gasteiger partial charge in [-0.25, -0.2) is 0 Å². The zero-order valence-electron chi connectivity index (χ0n) is 17.4. The normalized spacial score (nSPS) is 30.0. The third-order valence-corrected chi connectivity index (χ3v) is 7.65. The lowest BCUT2D eigenvalue weighted by Gasteiger charge is -2.56. The van der Waals surface area contributed by atoms with Gasteiger partial charge >= 0.3 is 0 Å². The smallest absolute Gasteiger partial charge is 0.287 e. The van der Waals surface area contributed by atoms with Crippen LogP contribution in [0.4, 0.5) is 0 Å². The second-order valence-corrected chi connectivity index (χ2v) is 10.4. The molecule has 0 aliphatic heterocycles. The largest absolute Gasteiger partial charge is 0.459 e. The molecular weight excluding hydrogens is 402 g/mol. The summed E-state index contributed by atoms with van der Waals surface area (Å²) in [4.78, 5) is 37.5. The van der Waals surface area contributed by atoms with E-state index in [-0.39, 0.29) is 17.1 Å². The molecule has 30 heavy (non-hydrogen) atoms. The minimum atomic E-state index is -0.741. The Labute approximate surface area is 181 Å². The van der Waals surface area contributed by atoms with Crippen molar-refractivity contribution < 1.29 is 18.8 Å². The number of furan rings is 1. The van der Waals surface area contributed by atoms with Gasteiger partial charge in [-0.05, 0) is 92.3 Å². The van der Waals surface area contributed by atoms with Gasteiger partial charge in [0.2, 0.25) is 5.91 Å². The van der Waals surface area contributed by atoms with Crippen molar-refractivity contribution in [1.29, 1.82) is 0 Å². The highest BCUT2D eigenvalue weighted by Gasteiger charge is 2.51. The molecule has 4 saturated carbocycles. The van der Waals surface area contributed by atoms with Crippen molar-refractivity contribution in [3.63, 3.8) is 0 Å². The van der Waals surface area contributed by atoms with Crippen molar-refractivity contribution in [3.05, 3.63) is 24.2 Å². The summed E-state index contributed by atoms with van der Waals surface area (Å²) in [6.07, 6.45) is 11.8. The first kappa shape index (κ1) is 21.3. The van der Waals surface area contributed by atoms with E-state index in [0.29, 0.717) is 18.6 Å². The van der Waals surface area contributed by atoms with Crippen LogP contribution >= 0.6 is 11.8 Å². The highest BCUT2D eigenvalue weighted by atomic mass is 32.2. The van der Waals surface area contributed by atoms with Crippen LogP contribution < -0.4 is 16.2 Å². The van der Waals surface area contributed by atoms with Crippen LogP contribution in [0.1, 0.15) is 61.9 Å². The molecule has 0 spiro atoms. The van der Waals surface area contributed by atoms with Crippen molar-refractivity contribution in [3.8, 4) is 0 Å². The van der Waals surface area contributed by atoms with E-state index in [4.69, 9.17) is 4.42 Å². The number of hydrazine groups is 1. The summed E-state index contributed by atoms with van der Waals surface area (Å²) in [6.45, 7) is 0. The van der Waals surface area contributed by atoms with Crippen LogP contribution in [0.25, 0.3) is 0 Å². The van der Waals surface area contributed by atoms with Crippen molar-refractivity contribution in [1.82, 2.24) is 16.2 Å². The van der Waals surface area contributed by atoms with Crippen molar-refractivity contribution in [2.45, 2.75) is 57.4 Å². The van der Waals surface area contributed by atoms with E-state index in [1.54, 1.807) is 23.9 Å². The number of carbonyl (C=O) groups excluding carboxylic acids is 3. The fraction of sp³-hybridized carbons (Fsp3) is 0.682. The molecule has 3 N–H and O–H groups in total. The molecule has 1 aromatic rings. The molecule has 1 atom stereocenters. The van der Waals surface area contributed by atoms with E-state index in [0.717, 1.165) is 37.0 Å².